The van der Waals surface area contributed by atoms with E-state index in [1.165, 1.54) is 19.1 Å². The lowest BCUT2D eigenvalue weighted by Crippen LogP contribution is -2.50. The fraction of sp³-hybridized carbons (Fsp3) is 0.481. The molecule has 2 bridgehead atoms. The number of amides is 2. The molecule has 4 atom stereocenters. The number of fused-ring (bicyclic) bond motifs is 2. The molecule has 4 N–H and O–H groups in total. The Balaban J connectivity index is 0.000000320. The highest BCUT2D eigenvalue weighted by molar-refractivity contribution is 7.85. The van der Waals surface area contributed by atoms with E-state index in [2.05, 4.69) is 5.32 Å². The van der Waals surface area contributed by atoms with Crippen molar-refractivity contribution >= 4 is 21.9 Å². The fourth-order valence-electron chi connectivity index (χ4n) is 5.30. The van der Waals surface area contributed by atoms with Gasteiger partial charge in [-0.2, -0.15) is 8.42 Å². The van der Waals surface area contributed by atoms with Crippen molar-refractivity contribution < 1.29 is 35.7 Å². The summed E-state index contributed by atoms with van der Waals surface area (Å²) in [6.07, 6.45) is 3.63. The molecule has 2 fully saturated rings. The minimum Gasteiger partial charge on any atom is -0.356 e. The van der Waals surface area contributed by atoms with Gasteiger partial charge in [-0.3, -0.25) is 14.1 Å². The number of benzene rings is 2. The number of rotatable bonds is 7. The summed E-state index contributed by atoms with van der Waals surface area (Å²) < 4.78 is 70.0. The summed E-state index contributed by atoms with van der Waals surface area (Å²) in [7, 11) is -4.02. The number of hydrogen-bond acceptors (Lipinski definition) is 5. The summed E-state index contributed by atoms with van der Waals surface area (Å²) in [5.74, 6) is -3.13. The van der Waals surface area contributed by atoms with Crippen molar-refractivity contribution in [1.82, 2.24) is 10.2 Å². The van der Waals surface area contributed by atoms with E-state index in [4.69, 9.17) is 10.3 Å². The quantitative estimate of drug-likeness (QED) is 0.346. The molecular weight excluding hydrogens is 535 g/mol. The van der Waals surface area contributed by atoms with Gasteiger partial charge >= 0.3 is 0 Å². The van der Waals surface area contributed by atoms with Crippen LogP contribution in [0.2, 0.25) is 0 Å². The maximum atomic E-state index is 13.9. The number of piperidine rings is 1. The third-order valence-electron chi connectivity index (χ3n) is 7.24. The normalized spacial score (nSPS) is 21.1. The van der Waals surface area contributed by atoms with Gasteiger partial charge in [-0.15, -0.1) is 0 Å². The van der Waals surface area contributed by atoms with Crippen LogP contribution in [0.3, 0.4) is 0 Å². The maximum absolute atomic E-state index is 13.9. The van der Waals surface area contributed by atoms with Crippen LogP contribution in [-0.4, -0.2) is 54.4 Å². The number of nitrogens with zero attached hydrogens (tertiary/aromatic N) is 1. The molecular formula is C27H34F3N3O5S. The largest absolute Gasteiger partial charge is 0.356 e. The summed E-state index contributed by atoms with van der Waals surface area (Å²) in [5, 5.41) is 2.63. The van der Waals surface area contributed by atoms with Gasteiger partial charge in [0.1, 0.15) is 5.82 Å². The average Bonchev–Trinajstić information content (AvgIpc) is 3.11. The Labute approximate surface area is 226 Å². The van der Waals surface area contributed by atoms with Gasteiger partial charge in [0.15, 0.2) is 11.6 Å². The highest BCUT2D eigenvalue weighted by Gasteiger charge is 2.44. The number of aryl methyl sites for hydroxylation is 1. The molecule has 8 nitrogen and oxygen atoms in total. The van der Waals surface area contributed by atoms with E-state index in [0.29, 0.717) is 12.6 Å². The monoisotopic (exact) mass is 569 g/mol. The first-order chi connectivity index (χ1) is 18.3. The maximum Gasteiger partial charge on any atom is 0.294 e. The molecule has 12 heteroatoms. The lowest BCUT2D eigenvalue weighted by Gasteiger charge is -2.41. The smallest absolute Gasteiger partial charge is 0.294 e. The minimum atomic E-state index is -4.02. The van der Waals surface area contributed by atoms with Gasteiger partial charge in [0.2, 0.25) is 11.8 Å². The molecule has 0 radical (unpaired) electrons. The first-order valence-corrected chi connectivity index (χ1v) is 14.2. The molecule has 2 aliphatic heterocycles. The van der Waals surface area contributed by atoms with Crippen LogP contribution in [0, 0.1) is 30.3 Å². The summed E-state index contributed by atoms with van der Waals surface area (Å²) in [5.41, 5.74) is 7.32. The van der Waals surface area contributed by atoms with Crippen LogP contribution in [0.25, 0.3) is 0 Å². The molecule has 4 rings (SSSR count). The lowest BCUT2D eigenvalue weighted by atomic mass is 9.82. The second kappa shape index (κ2) is 12.9. The predicted molar refractivity (Wildman–Crippen MR) is 139 cm³/mol. The van der Waals surface area contributed by atoms with Gasteiger partial charge in [0, 0.05) is 44.1 Å². The van der Waals surface area contributed by atoms with Crippen LogP contribution in [0.1, 0.15) is 50.2 Å². The molecule has 0 spiro atoms. The number of nitrogens with two attached hydrogens (primary N) is 1. The van der Waals surface area contributed by atoms with Gasteiger partial charge in [0.25, 0.3) is 10.1 Å². The van der Waals surface area contributed by atoms with Gasteiger partial charge in [-0.05, 0) is 68.7 Å². The number of halogens is 3. The SMILES string of the molecule is CC(=O)NCCC(=O)N1[C@@H]2CC[C@H]1CC([C@H](N)Cc1cc(F)c(F)cc1F)C2.Cc1ccc(S(=O)(=O)O)cc1. The first kappa shape index (κ1) is 30.6. The first-order valence-electron chi connectivity index (χ1n) is 12.7. The van der Waals surface area contributed by atoms with E-state index >= 15 is 0 Å². The minimum absolute atomic E-state index is 0.0277. The zero-order chi connectivity index (χ0) is 28.9. The van der Waals surface area contributed by atoms with E-state index in [1.54, 1.807) is 12.1 Å². The zero-order valence-electron chi connectivity index (χ0n) is 21.9. The fourth-order valence-corrected chi connectivity index (χ4v) is 5.78. The Bertz CT molecular complexity index is 1280. The highest BCUT2D eigenvalue weighted by atomic mass is 32.2. The third kappa shape index (κ3) is 8.26. The Morgan fingerprint density at radius 1 is 1.05 bits per heavy atom. The molecule has 214 valence electrons. The molecule has 2 amide bonds. The van der Waals surface area contributed by atoms with Crippen molar-refractivity contribution in [3.8, 4) is 0 Å². The Morgan fingerprint density at radius 3 is 2.15 bits per heavy atom. The molecule has 2 aliphatic rings. The van der Waals surface area contributed by atoms with Crippen LogP contribution in [-0.2, 0) is 26.1 Å². The zero-order valence-corrected chi connectivity index (χ0v) is 22.7. The third-order valence-corrected chi connectivity index (χ3v) is 8.11. The van der Waals surface area contributed by atoms with Crippen molar-refractivity contribution in [2.75, 3.05) is 6.54 Å². The summed E-state index contributed by atoms with van der Waals surface area (Å²) >= 11 is 0. The second-order valence-electron chi connectivity index (χ2n) is 10.2. The van der Waals surface area contributed by atoms with E-state index in [0.717, 1.165) is 37.3 Å². The van der Waals surface area contributed by atoms with Crippen LogP contribution in [0.15, 0.2) is 41.3 Å². The van der Waals surface area contributed by atoms with Crippen LogP contribution >= 0.6 is 0 Å². The van der Waals surface area contributed by atoms with E-state index in [1.807, 2.05) is 11.8 Å². The molecule has 2 heterocycles. The molecule has 1 unspecified atom stereocenters. The van der Waals surface area contributed by atoms with Crippen molar-refractivity contribution in [2.45, 2.75) is 75.4 Å². The Morgan fingerprint density at radius 2 is 1.62 bits per heavy atom. The summed E-state index contributed by atoms with van der Waals surface area (Å²) in [6.45, 7) is 3.58. The standard InChI is InChI=1S/C20H26F3N3O2.C7H8O3S/c1-11(27)25-5-4-20(28)26-14-2-3-15(26)7-13(6-14)19(24)9-12-8-17(22)18(23)10-16(12)21;1-6-2-4-7(5-3-6)11(8,9)10/h8,10,13-15,19H,2-7,9,24H2,1H3,(H,25,27);2-5H,1H3,(H,8,9,10)/t13?,14-,15+,19-;/m1./s1. The number of nitrogens with one attached hydrogen (secondary N) is 1. The second-order valence-corrected chi connectivity index (χ2v) is 11.6. The average molecular weight is 570 g/mol. The molecule has 0 aromatic heterocycles. The van der Waals surface area contributed by atoms with Crippen LogP contribution in [0.5, 0.6) is 0 Å². The van der Waals surface area contributed by atoms with Crippen LogP contribution < -0.4 is 11.1 Å². The number of hydrogen-bond donors (Lipinski definition) is 3. The molecule has 0 saturated carbocycles. The van der Waals surface area contributed by atoms with E-state index in [-0.39, 0.29) is 59.2 Å². The van der Waals surface area contributed by atoms with Crippen molar-refractivity contribution in [1.29, 1.82) is 0 Å². The van der Waals surface area contributed by atoms with Gasteiger partial charge in [-0.25, -0.2) is 13.2 Å². The van der Waals surface area contributed by atoms with Crippen molar-refractivity contribution in [3.05, 3.63) is 65.0 Å². The van der Waals surface area contributed by atoms with Gasteiger partial charge in [0.05, 0.1) is 4.90 Å². The molecule has 2 aromatic rings. The van der Waals surface area contributed by atoms with Gasteiger partial charge in [-0.1, -0.05) is 17.7 Å². The van der Waals surface area contributed by atoms with Crippen molar-refractivity contribution in [3.63, 3.8) is 0 Å². The Hall–Kier alpha value is -2.96. The number of carbonyl (C=O) groups excluding carboxylic acids is 2. The predicted octanol–water partition coefficient (Wildman–Crippen LogP) is 3.51. The summed E-state index contributed by atoms with van der Waals surface area (Å²) in [4.78, 5) is 25.3. The molecule has 2 aromatic carbocycles. The van der Waals surface area contributed by atoms with E-state index in [9.17, 15) is 31.2 Å². The molecule has 39 heavy (non-hydrogen) atoms. The Kier molecular flexibility index (Phi) is 10.1. The van der Waals surface area contributed by atoms with E-state index < -0.39 is 27.6 Å². The van der Waals surface area contributed by atoms with Crippen LogP contribution in [0.4, 0.5) is 13.2 Å². The lowest BCUT2D eigenvalue weighted by molar-refractivity contribution is -0.136. The molecule has 2 saturated heterocycles. The topological polar surface area (TPSA) is 130 Å². The highest BCUT2D eigenvalue weighted by Crippen LogP contribution is 2.40. The number of carbonyl (C=O) groups is 2. The van der Waals surface area contributed by atoms with Gasteiger partial charge < -0.3 is 16.0 Å². The molecule has 0 aliphatic carbocycles. The van der Waals surface area contributed by atoms with Crippen molar-refractivity contribution in [2.24, 2.45) is 11.7 Å². The summed E-state index contributed by atoms with van der Waals surface area (Å²) in [6, 6.07) is 7.21.